The summed E-state index contributed by atoms with van der Waals surface area (Å²) in [5, 5.41) is 13.9. The first-order chi connectivity index (χ1) is 16.5. The van der Waals surface area contributed by atoms with Gasteiger partial charge in [-0.25, -0.2) is 0 Å². The highest BCUT2D eigenvalue weighted by Gasteiger charge is 2.31. The summed E-state index contributed by atoms with van der Waals surface area (Å²) in [5.41, 5.74) is 1.84. The van der Waals surface area contributed by atoms with Gasteiger partial charge in [-0.1, -0.05) is 29.3 Å². The Hall–Kier alpha value is -3.30. The topological polar surface area (TPSA) is 75.5 Å². The predicted octanol–water partition coefficient (Wildman–Crippen LogP) is 7.13. The lowest BCUT2D eigenvalue weighted by atomic mass is 10.00. The number of rotatable bonds is 5. The largest absolute Gasteiger partial charge is 0.416 e. The van der Waals surface area contributed by atoms with Crippen LogP contribution in [-0.2, 0) is 19.1 Å². The number of anilines is 2. The third kappa shape index (κ3) is 5.52. The molecular formula is C24H18Cl2F3N3O3. The first kappa shape index (κ1) is 24.8. The van der Waals surface area contributed by atoms with E-state index in [0.717, 1.165) is 42.3 Å². The lowest BCUT2D eigenvalue weighted by Gasteiger charge is -2.32. The molecule has 0 spiro atoms. The Labute approximate surface area is 208 Å². The number of carbonyl (C=O) groups excluding carboxylic acids is 1. The standard InChI is InChI=1S/C24H18Cl2F3N3O3/c25-20-7-6-18(32(34)35)12-19(20)23(33)30-17-5-8-22-14(10-17)2-1-9-31(22)13-15-3-4-16(11-21(15)26)24(27,28)29/h3-8,10-12H,1-2,9,13H2,(H,30,33). The minimum Gasteiger partial charge on any atom is -0.367 e. The Kier molecular flexibility index (Phi) is 6.91. The molecule has 0 unspecified atom stereocenters. The Morgan fingerprint density at radius 2 is 1.83 bits per heavy atom. The summed E-state index contributed by atoms with van der Waals surface area (Å²) in [7, 11) is 0. The van der Waals surface area contributed by atoms with E-state index in [9.17, 15) is 28.1 Å². The summed E-state index contributed by atoms with van der Waals surface area (Å²) in [6, 6.07) is 12.3. The van der Waals surface area contributed by atoms with Gasteiger partial charge in [0, 0.05) is 41.6 Å². The maximum Gasteiger partial charge on any atom is 0.416 e. The number of hydrogen-bond donors (Lipinski definition) is 1. The maximum absolute atomic E-state index is 12.9. The van der Waals surface area contributed by atoms with Crippen LogP contribution in [0.1, 0.15) is 33.5 Å². The average molecular weight is 524 g/mol. The smallest absolute Gasteiger partial charge is 0.367 e. The summed E-state index contributed by atoms with van der Waals surface area (Å²) >= 11 is 12.2. The van der Waals surface area contributed by atoms with Gasteiger partial charge in [-0.15, -0.1) is 0 Å². The zero-order valence-electron chi connectivity index (χ0n) is 18.0. The van der Waals surface area contributed by atoms with Gasteiger partial charge < -0.3 is 10.2 Å². The van der Waals surface area contributed by atoms with Crippen LogP contribution >= 0.6 is 23.2 Å². The van der Waals surface area contributed by atoms with Crippen LogP contribution in [0.3, 0.4) is 0 Å². The fraction of sp³-hybridized carbons (Fsp3) is 0.208. The van der Waals surface area contributed by atoms with Gasteiger partial charge in [0.15, 0.2) is 0 Å². The SMILES string of the molecule is O=C(Nc1ccc2c(c1)CCCN2Cc1ccc(C(F)(F)F)cc1Cl)c1cc([N+](=O)[O-])ccc1Cl. The first-order valence-corrected chi connectivity index (χ1v) is 11.3. The first-order valence-electron chi connectivity index (χ1n) is 10.5. The molecule has 11 heteroatoms. The highest BCUT2D eigenvalue weighted by Crippen LogP contribution is 2.35. The fourth-order valence-electron chi connectivity index (χ4n) is 3.97. The van der Waals surface area contributed by atoms with Crippen molar-refractivity contribution in [1.82, 2.24) is 0 Å². The van der Waals surface area contributed by atoms with E-state index in [-0.39, 0.29) is 21.3 Å². The van der Waals surface area contributed by atoms with Crippen molar-refractivity contribution in [2.45, 2.75) is 25.6 Å². The molecule has 0 radical (unpaired) electrons. The van der Waals surface area contributed by atoms with Crippen LogP contribution in [0, 0.1) is 10.1 Å². The van der Waals surface area contributed by atoms with E-state index in [0.29, 0.717) is 24.3 Å². The van der Waals surface area contributed by atoms with Crippen molar-refractivity contribution in [3.8, 4) is 0 Å². The van der Waals surface area contributed by atoms with Crippen molar-refractivity contribution in [3.63, 3.8) is 0 Å². The number of benzene rings is 3. The summed E-state index contributed by atoms with van der Waals surface area (Å²) in [6.45, 7) is 1.03. The number of carbonyl (C=O) groups is 1. The zero-order chi connectivity index (χ0) is 25.3. The molecule has 0 aromatic heterocycles. The number of alkyl halides is 3. The molecule has 0 bridgehead atoms. The number of aryl methyl sites for hydroxylation is 1. The van der Waals surface area contributed by atoms with Crippen LogP contribution < -0.4 is 10.2 Å². The second-order valence-electron chi connectivity index (χ2n) is 8.05. The van der Waals surface area contributed by atoms with Gasteiger partial charge in [-0.05, 0) is 60.4 Å². The lowest BCUT2D eigenvalue weighted by molar-refractivity contribution is -0.384. The Morgan fingerprint density at radius 3 is 2.51 bits per heavy atom. The molecule has 3 aromatic rings. The van der Waals surface area contributed by atoms with E-state index >= 15 is 0 Å². The molecule has 4 rings (SSSR count). The molecule has 1 aliphatic heterocycles. The zero-order valence-corrected chi connectivity index (χ0v) is 19.5. The Balaban J connectivity index is 1.53. The van der Waals surface area contributed by atoms with Gasteiger partial charge in [0.25, 0.3) is 11.6 Å². The van der Waals surface area contributed by atoms with E-state index in [1.807, 2.05) is 11.0 Å². The third-order valence-electron chi connectivity index (χ3n) is 5.70. The van der Waals surface area contributed by atoms with Crippen LogP contribution in [0.4, 0.5) is 30.2 Å². The van der Waals surface area contributed by atoms with E-state index in [1.165, 1.54) is 18.2 Å². The summed E-state index contributed by atoms with van der Waals surface area (Å²) in [6.07, 6.45) is -2.91. The highest BCUT2D eigenvalue weighted by atomic mass is 35.5. The molecular weight excluding hydrogens is 506 g/mol. The summed E-state index contributed by atoms with van der Waals surface area (Å²) < 4.78 is 38.8. The minimum atomic E-state index is -4.46. The molecule has 1 amide bonds. The number of hydrogen-bond acceptors (Lipinski definition) is 4. The third-order valence-corrected chi connectivity index (χ3v) is 6.38. The number of halogens is 5. The molecule has 0 aliphatic carbocycles. The van der Waals surface area contributed by atoms with Gasteiger partial charge >= 0.3 is 6.18 Å². The maximum atomic E-state index is 12.9. The minimum absolute atomic E-state index is 0.0165. The molecule has 6 nitrogen and oxygen atoms in total. The van der Waals surface area contributed by atoms with Crippen molar-refractivity contribution in [2.75, 3.05) is 16.8 Å². The number of nitrogens with zero attached hydrogens (tertiary/aromatic N) is 2. The molecule has 3 aromatic carbocycles. The molecule has 0 fully saturated rings. The van der Waals surface area contributed by atoms with E-state index in [4.69, 9.17) is 23.2 Å². The molecule has 1 aliphatic rings. The molecule has 0 saturated heterocycles. The second kappa shape index (κ2) is 9.75. The van der Waals surface area contributed by atoms with E-state index in [2.05, 4.69) is 5.32 Å². The van der Waals surface area contributed by atoms with Gasteiger partial charge in [-0.3, -0.25) is 14.9 Å². The molecule has 1 N–H and O–H groups in total. The Morgan fingerprint density at radius 1 is 1.06 bits per heavy atom. The summed E-state index contributed by atoms with van der Waals surface area (Å²) in [4.78, 5) is 25.1. The molecule has 35 heavy (non-hydrogen) atoms. The number of amides is 1. The van der Waals surface area contributed by atoms with Crippen molar-refractivity contribution >= 4 is 46.2 Å². The second-order valence-corrected chi connectivity index (χ2v) is 8.86. The Bertz CT molecular complexity index is 1310. The number of nitro benzene ring substituents is 1. The molecule has 0 atom stereocenters. The number of fused-ring (bicyclic) bond motifs is 1. The lowest BCUT2D eigenvalue weighted by Crippen LogP contribution is -2.29. The van der Waals surface area contributed by atoms with Crippen LogP contribution in [0.5, 0.6) is 0 Å². The van der Waals surface area contributed by atoms with Crippen LogP contribution in [0.15, 0.2) is 54.6 Å². The van der Waals surface area contributed by atoms with Crippen molar-refractivity contribution in [2.24, 2.45) is 0 Å². The van der Waals surface area contributed by atoms with Crippen LogP contribution in [-0.4, -0.2) is 17.4 Å². The van der Waals surface area contributed by atoms with Crippen molar-refractivity contribution in [3.05, 3.63) is 97.0 Å². The number of non-ortho nitro benzene ring substituents is 1. The van der Waals surface area contributed by atoms with Crippen LogP contribution in [0.2, 0.25) is 10.0 Å². The quantitative estimate of drug-likeness (QED) is 0.285. The predicted molar refractivity (Wildman–Crippen MR) is 128 cm³/mol. The number of nitro groups is 1. The monoisotopic (exact) mass is 523 g/mol. The van der Waals surface area contributed by atoms with E-state index in [1.54, 1.807) is 12.1 Å². The van der Waals surface area contributed by atoms with Gasteiger partial charge in [0.2, 0.25) is 0 Å². The molecule has 1 heterocycles. The highest BCUT2D eigenvalue weighted by molar-refractivity contribution is 6.34. The van der Waals surface area contributed by atoms with Crippen LogP contribution in [0.25, 0.3) is 0 Å². The molecule has 182 valence electrons. The van der Waals surface area contributed by atoms with Crippen molar-refractivity contribution < 1.29 is 22.9 Å². The normalized spacial score (nSPS) is 13.3. The van der Waals surface area contributed by atoms with E-state index < -0.39 is 22.6 Å². The molecule has 0 saturated carbocycles. The summed E-state index contributed by atoms with van der Waals surface area (Å²) in [5.74, 6) is -0.581. The average Bonchev–Trinajstić information content (AvgIpc) is 2.79. The van der Waals surface area contributed by atoms with Crippen molar-refractivity contribution in [1.29, 1.82) is 0 Å². The number of nitrogens with one attached hydrogen (secondary N) is 1. The van der Waals surface area contributed by atoms with Gasteiger partial charge in [-0.2, -0.15) is 13.2 Å². The van der Waals surface area contributed by atoms with Gasteiger partial charge in [0.1, 0.15) is 0 Å². The van der Waals surface area contributed by atoms with Gasteiger partial charge in [0.05, 0.1) is 21.1 Å². The fourth-order valence-corrected chi connectivity index (χ4v) is 4.42.